The number of benzene rings is 2. The van der Waals surface area contributed by atoms with Crippen LogP contribution in [0.25, 0.3) is 11.0 Å². The second-order valence-corrected chi connectivity index (χ2v) is 13.5. The maximum atomic E-state index is 13.0. The lowest BCUT2D eigenvalue weighted by molar-refractivity contribution is -0.132. The Morgan fingerprint density at radius 1 is 0.974 bits per heavy atom. The first-order valence-electron chi connectivity index (χ1n) is 13.0. The van der Waals surface area contributed by atoms with Crippen molar-refractivity contribution in [2.75, 3.05) is 39.4 Å². The molecule has 2 aromatic carbocycles. The average molecular weight is 576 g/mol. The molecule has 0 saturated carbocycles. The number of imidazole rings is 1. The Bertz CT molecular complexity index is 1540. The van der Waals surface area contributed by atoms with Crippen LogP contribution >= 0.6 is 0 Å². The minimum absolute atomic E-state index is 0.0120. The number of sulfonamides is 2. The number of nitrogens with one attached hydrogen (secondary N) is 1. The normalized spacial score (nSPS) is 18.0. The Morgan fingerprint density at radius 2 is 1.67 bits per heavy atom. The summed E-state index contributed by atoms with van der Waals surface area (Å²) in [6.07, 6.45) is 1.77. The molecule has 0 radical (unpaired) electrons. The van der Waals surface area contributed by atoms with Crippen molar-refractivity contribution in [3.8, 4) is 0 Å². The van der Waals surface area contributed by atoms with E-state index in [9.17, 15) is 21.6 Å². The standard InChI is InChI=1S/C26H33N5O6S2/c1-29-24-8-7-22(39(35,36)31-15-17-37-18-16-31)19-23(24)27-25(29)9-10-26(32)30-13-11-20(12-14-30)28-38(33,34)21-5-3-2-4-6-21/h2-8,19-20,28H,9-18H2,1H3. The number of aryl methyl sites for hydroxylation is 2. The van der Waals surface area contributed by atoms with Crippen molar-refractivity contribution in [3.63, 3.8) is 0 Å². The van der Waals surface area contributed by atoms with Gasteiger partial charge < -0.3 is 14.2 Å². The maximum Gasteiger partial charge on any atom is 0.243 e. The van der Waals surface area contributed by atoms with Crippen LogP contribution in [0.5, 0.6) is 0 Å². The van der Waals surface area contributed by atoms with Gasteiger partial charge in [-0.2, -0.15) is 4.31 Å². The molecule has 13 heteroatoms. The number of fused-ring (bicyclic) bond motifs is 1. The molecule has 0 aliphatic carbocycles. The zero-order valence-corrected chi connectivity index (χ0v) is 23.5. The predicted molar refractivity (Wildman–Crippen MR) is 145 cm³/mol. The zero-order chi connectivity index (χ0) is 27.6. The fourth-order valence-electron chi connectivity index (χ4n) is 5.06. The quantitative estimate of drug-likeness (QED) is 0.431. The van der Waals surface area contributed by atoms with Crippen LogP contribution in [-0.4, -0.2) is 86.9 Å². The Labute approximate surface area is 228 Å². The molecular formula is C26H33N5O6S2. The summed E-state index contributed by atoms with van der Waals surface area (Å²) in [5.41, 5.74) is 1.37. The number of piperidine rings is 1. The van der Waals surface area contributed by atoms with Crippen molar-refractivity contribution in [1.29, 1.82) is 0 Å². The van der Waals surface area contributed by atoms with Gasteiger partial charge in [0.1, 0.15) is 5.82 Å². The molecule has 1 amide bonds. The van der Waals surface area contributed by atoms with E-state index in [2.05, 4.69) is 9.71 Å². The third-order valence-electron chi connectivity index (χ3n) is 7.34. The van der Waals surface area contributed by atoms with Crippen LogP contribution in [-0.2, 0) is 43.0 Å². The maximum absolute atomic E-state index is 13.0. The summed E-state index contributed by atoms with van der Waals surface area (Å²) in [4.78, 5) is 19.8. The van der Waals surface area contributed by atoms with Crippen LogP contribution < -0.4 is 4.72 Å². The molecule has 1 aromatic heterocycles. The van der Waals surface area contributed by atoms with Crippen LogP contribution in [0.15, 0.2) is 58.3 Å². The zero-order valence-electron chi connectivity index (χ0n) is 21.8. The van der Waals surface area contributed by atoms with E-state index in [4.69, 9.17) is 4.74 Å². The Balaban J connectivity index is 1.18. The first-order valence-corrected chi connectivity index (χ1v) is 16.0. The number of likely N-dealkylation sites (tertiary alicyclic amines) is 1. The average Bonchev–Trinajstić information content (AvgIpc) is 3.27. The summed E-state index contributed by atoms with van der Waals surface area (Å²) < 4.78 is 62.6. The topological polar surface area (TPSA) is 131 Å². The van der Waals surface area contributed by atoms with Crippen molar-refractivity contribution >= 4 is 37.0 Å². The van der Waals surface area contributed by atoms with Gasteiger partial charge in [-0.05, 0) is 43.2 Å². The minimum Gasteiger partial charge on any atom is -0.379 e. The van der Waals surface area contributed by atoms with Crippen molar-refractivity contribution in [1.82, 2.24) is 23.5 Å². The molecule has 2 aliphatic heterocycles. The third kappa shape index (κ3) is 6.02. The Kier molecular flexibility index (Phi) is 8.06. The fraction of sp³-hybridized carbons (Fsp3) is 0.462. The van der Waals surface area contributed by atoms with Gasteiger partial charge >= 0.3 is 0 Å². The lowest BCUT2D eigenvalue weighted by Gasteiger charge is -2.32. The molecule has 2 saturated heterocycles. The summed E-state index contributed by atoms with van der Waals surface area (Å²) >= 11 is 0. The molecule has 3 aromatic rings. The van der Waals surface area contributed by atoms with E-state index < -0.39 is 20.0 Å². The van der Waals surface area contributed by atoms with Gasteiger partial charge in [0, 0.05) is 52.1 Å². The molecule has 0 unspecified atom stereocenters. The summed E-state index contributed by atoms with van der Waals surface area (Å²) in [6.45, 7) is 2.37. The molecule has 5 rings (SSSR count). The van der Waals surface area contributed by atoms with Crippen LogP contribution in [0.3, 0.4) is 0 Å². The summed E-state index contributed by atoms with van der Waals surface area (Å²) in [5, 5.41) is 0. The van der Waals surface area contributed by atoms with Crippen LogP contribution in [0.2, 0.25) is 0 Å². The summed E-state index contributed by atoms with van der Waals surface area (Å²) in [7, 11) is -5.36. The van der Waals surface area contributed by atoms with E-state index in [1.54, 1.807) is 53.4 Å². The van der Waals surface area contributed by atoms with Gasteiger partial charge in [-0.3, -0.25) is 4.79 Å². The summed E-state index contributed by atoms with van der Waals surface area (Å²) in [6, 6.07) is 13.0. The van der Waals surface area contributed by atoms with E-state index >= 15 is 0 Å². The van der Waals surface area contributed by atoms with Gasteiger partial charge in [0.2, 0.25) is 26.0 Å². The highest BCUT2D eigenvalue weighted by Crippen LogP contribution is 2.24. The molecule has 11 nitrogen and oxygen atoms in total. The summed E-state index contributed by atoms with van der Waals surface area (Å²) in [5.74, 6) is 0.687. The van der Waals surface area contributed by atoms with Gasteiger partial charge in [-0.15, -0.1) is 0 Å². The number of morpholine rings is 1. The first-order chi connectivity index (χ1) is 18.6. The predicted octanol–water partition coefficient (Wildman–Crippen LogP) is 1.50. The number of ether oxygens (including phenoxy) is 1. The van der Waals surface area contributed by atoms with Gasteiger partial charge in [-0.25, -0.2) is 26.5 Å². The molecule has 1 N–H and O–H groups in total. The number of aromatic nitrogens is 2. The third-order valence-corrected chi connectivity index (χ3v) is 10.8. The van der Waals surface area contributed by atoms with Crippen molar-refractivity contribution in [3.05, 3.63) is 54.4 Å². The van der Waals surface area contributed by atoms with E-state index in [0.29, 0.717) is 70.0 Å². The Morgan fingerprint density at radius 3 is 2.36 bits per heavy atom. The second-order valence-electron chi connectivity index (χ2n) is 9.84. The van der Waals surface area contributed by atoms with Gasteiger partial charge in [0.15, 0.2) is 0 Å². The molecular weight excluding hydrogens is 542 g/mol. The van der Waals surface area contributed by atoms with E-state index in [-0.39, 0.29) is 28.2 Å². The fourth-order valence-corrected chi connectivity index (χ4v) is 7.81. The van der Waals surface area contributed by atoms with Crippen molar-refractivity contribution in [2.24, 2.45) is 7.05 Å². The molecule has 0 bridgehead atoms. The molecule has 0 atom stereocenters. The van der Waals surface area contributed by atoms with Crippen molar-refractivity contribution < 1.29 is 26.4 Å². The molecule has 39 heavy (non-hydrogen) atoms. The highest BCUT2D eigenvalue weighted by Gasteiger charge is 2.28. The smallest absolute Gasteiger partial charge is 0.243 e. The SMILES string of the molecule is Cn1c(CCC(=O)N2CCC(NS(=O)(=O)c3ccccc3)CC2)nc2cc(S(=O)(=O)N3CCOCC3)ccc21. The number of rotatable bonds is 8. The molecule has 210 valence electrons. The second kappa shape index (κ2) is 11.3. The monoisotopic (exact) mass is 575 g/mol. The highest BCUT2D eigenvalue weighted by molar-refractivity contribution is 7.89. The van der Waals surface area contributed by atoms with Crippen LogP contribution in [0.1, 0.15) is 25.1 Å². The molecule has 2 fully saturated rings. The van der Waals surface area contributed by atoms with Crippen LogP contribution in [0, 0.1) is 0 Å². The number of carbonyl (C=O) groups excluding carboxylic acids is 1. The van der Waals surface area contributed by atoms with E-state index in [1.165, 1.54) is 4.31 Å². The van der Waals surface area contributed by atoms with Crippen molar-refractivity contribution in [2.45, 2.75) is 41.5 Å². The Hall–Kier alpha value is -2.84. The molecule has 0 spiro atoms. The minimum atomic E-state index is -3.63. The lowest BCUT2D eigenvalue weighted by atomic mass is 10.1. The molecule has 2 aliphatic rings. The molecule has 3 heterocycles. The first kappa shape index (κ1) is 27.7. The number of nitrogens with zero attached hydrogens (tertiary/aromatic N) is 4. The highest BCUT2D eigenvalue weighted by atomic mass is 32.2. The van der Waals surface area contributed by atoms with Crippen LogP contribution in [0.4, 0.5) is 0 Å². The largest absolute Gasteiger partial charge is 0.379 e. The number of hydrogen-bond donors (Lipinski definition) is 1. The van der Waals surface area contributed by atoms with Gasteiger partial charge in [-0.1, -0.05) is 18.2 Å². The lowest BCUT2D eigenvalue weighted by Crippen LogP contribution is -2.46. The van der Waals surface area contributed by atoms with Gasteiger partial charge in [0.25, 0.3) is 0 Å². The number of carbonyl (C=O) groups is 1. The number of amides is 1. The number of hydrogen-bond acceptors (Lipinski definition) is 7. The van der Waals surface area contributed by atoms with E-state index in [0.717, 1.165) is 5.52 Å². The van der Waals surface area contributed by atoms with Gasteiger partial charge in [0.05, 0.1) is 34.0 Å². The van der Waals surface area contributed by atoms with E-state index in [1.807, 2.05) is 11.6 Å².